The Labute approximate surface area is 97.3 Å². The van der Waals surface area contributed by atoms with Crippen LogP contribution < -0.4 is 5.32 Å². The molecule has 2 heterocycles. The van der Waals surface area contributed by atoms with Crippen LogP contribution in [0.25, 0.3) is 0 Å². The maximum absolute atomic E-state index is 4.33. The van der Waals surface area contributed by atoms with E-state index < -0.39 is 0 Å². The number of aromatic nitrogens is 2. The van der Waals surface area contributed by atoms with Crippen molar-refractivity contribution >= 4 is 0 Å². The fraction of sp³-hybridized carbons (Fsp3) is 0.769. The fourth-order valence-electron chi connectivity index (χ4n) is 3.10. The van der Waals surface area contributed by atoms with Gasteiger partial charge in [0, 0.05) is 37.4 Å². The van der Waals surface area contributed by atoms with Crippen molar-refractivity contribution in [3.63, 3.8) is 0 Å². The lowest BCUT2D eigenvalue weighted by atomic mass is 9.88. The van der Waals surface area contributed by atoms with E-state index in [1.807, 2.05) is 6.33 Å². The third kappa shape index (κ3) is 1.77. The van der Waals surface area contributed by atoms with Gasteiger partial charge in [-0.3, -0.25) is 0 Å². The zero-order valence-corrected chi connectivity index (χ0v) is 10.1. The van der Waals surface area contributed by atoms with Crippen LogP contribution in [0.1, 0.15) is 44.2 Å². The largest absolute Gasteiger partial charge is 0.334 e. The predicted octanol–water partition coefficient (Wildman–Crippen LogP) is 2.15. The molecule has 0 atom stereocenters. The summed E-state index contributed by atoms with van der Waals surface area (Å²) in [5.41, 5.74) is 1.96. The van der Waals surface area contributed by atoms with Crippen LogP contribution in [-0.2, 0) is 6.54 Å². The molecule has 1 N–H and O–H groups in total. The first-order valence-corrected chi connectivity index (χ1v) is 6.48. The predicted molar refractivity (Wildman–Crippen MR) is 64.4 cm³/mol. The van der Waals surface area contributed by atoms with E-state index in [-0.39, 0.29) is 0 Å². The molecule has 0 spiro atoms. The number of imidazole rings is 1. The van der Waals surface area contributed by atoms with E-state index in [0.29, 0.717) is 11.3 Å². The Morgan fingerprint density at radius 1 is 1.44 bits per heavy atom. The number of rotatable bonds is 3. The molecular weight excluding hydrogens is 198 g/mol. The standard InChI is InChI=1S/C13H21N3/c1-13(4-2-3-5-13)9-16-10-15-8-12(16)11-6-14-7-11/h8,10-11,14H,2-7,9H2,1H3. The summed E-state index contributed by atoms with van der Waals surface area (Å²) >= 11 is 0. The highest BCUT2D eigenvalue weighted by molar-refractivity contribution is 5.12. The highest BCUT2D eigenvalue weighted by Crippen LogP contribution is 2.39. The van der Waals surface area contributed by atoms with Gasteiger partial charge in [-0.2, -0.15) is 0 Å². The Hall–Kier alpha value is -0.830. The molecule has 0 aromatic carbocycles. The summed E-state index contributed by atoms with van der Waals surface area (Å²) in [7, 11) is 0. The molecule has 0 unspecified atom stereocenters. The fourth-order valence-corrected chi connectivity index (χ4v) is 3.10. The first kappa shape index (κ1) is 10.3. The molecule has 0 radical (unpaired) electrons. The average molecular weight is 219 g/mol. The third-order valence-electron chi connectivity index (χ3n) is 4.31. The third-order valence-corrected chi connectivity index (χ3v) is 4.31. The Morgan fingerprint density at radius 3 is 2.81 bits per heavy atom. The molecule has 2 aliphatic rings. The molecule has 0 amide bonds. The molecule has 2 fully saturated rings. The minimum atomic E-state index is 0.520. The lowest BCUT2D eigenvalue weighted by molar-refractivity contribution is 0.272. The number of nitrogens with one attached hydrogen (secondary N) is 1. The molecule has 1 aromatic rings. The molecule has 1 aliphatic heterocycles. The van der Waals surface area contributed by atoms with E-state index in [1.54, 1.807) is 0 Å². The Morgan fingerprint density at radius 2 is 2.19 bits per heavy atom. The van der Waals surface area contributed by atoms with Crippen LogP contribution in [0.5, 0.6) is 0 Å². The van der Waals surface area contributed by atoms with Gasteiger partial charge in [0.25, 0.3) is 0 Å². The summed E-state index contributed by atoms with van der Waals surface area (Å²) in [4.78, 5) is 4.33. The Kier molecular flexibility index (Phi) is 2.51. The molecule has 16 heavy (non-hydrogen) atoms. The van der Waals surface area contributed by atoms with Crippen molar-refractivity contribution in [2.45, 2.75) is 45.1 Å². The molecule has 3 rings (SSSR count). The number of nitrogens with zero attached hydrogens (tertiary/aromatic N) is 2. The molecule has 88 valence electrons. The number of hydrogen-bond acceptors (Lipinski definition) is 2. The highest BCUT2D eigenvalue weighted by atomic mass is 15.1. The van der Waals surface area contributed by atoms with Gasteiger partial charge in [0.1, 0.15) is 0 Å². The normalized spacial score (nSPS) is 24.6. The summed E-state index contributed by atoms with van der Waals surface area (Å²) in [6.45, 7) is 5.85. The average Bonchev–Trinajstić information content (AvgIpc) is 2.75. The lowest BCUT2D eigenvalue weighted by Crippen LogP contribution is -2.41. The maximum Gasteiger partial charge on any atom is 0.0948 e. The second-order valence-corrected chi connectivity index (χ2v) is 5.82. The number of hydrogen-bond donors (Lipinski definition) is 1. The van der Waals surface area contributed by atoms with Gasteiger partial charge < -0.3 is 9.88 Å². The quantitative estimate of drug-likeness (QED) is 0.844. The monoisotopic (exact) mass is 219 g/mol. The highest BCUT2D eigenvalue weighted by Gasteiger charge is 2.31. The van der Waals surface area contributed by atoms with Crippen LogP contribution in [0.2, 0.25) is 0 Å². The van der Waals surface area contributed by atoms with Gasteiger partial charge in [0.15, 0.2) is 0 Å². The van der Waals surface area contributed by atoms with Crippen molar-refractivity contribution in [1.29, 1.82) is 0 Å². The van der Waals surface area contributed by atoms with E-state index in [1.165, 1.54) is 37.9 Å². The molecule has 1 saturated heterocycles. The van der Waals surface area contributed by atoms with E-state index in [2.05, 4.69) is 28.0 Å². The topological polar surface area (TPSA) is 29.9 Å². The Balaban J connectivity index is 1.76. The minimum absolute atomic E-state index is 0.520. The van der Waals surface area contributed by atoms with Crippen LogP contribution in [0.15, 0.2) is 12.5 Å². The summed E-state index contributed by atoms with van der Waals surface area (Å²) in [5.74, 6) is 0.701. The van der Waals surface area contributed by atoms with E-state index >= 15 is 0 Å². The van der Waals surface area contributed by atoms with E-state index in [0.717, 1.165) is 13.1 Å². The second-order valence-electron chi connectivity index (χ2n) is 5.82. The van der Waals surface area contributed by atoms with Gasteiger partial charge in [-0.15, -0.1) is 0 Å². The Bertz CT molecular complexity index is 359. The van der Waals surface area contributed by atoms with Crippen LogP contribution in [0.4, 0.5) is 0 Å². The molecular formula is C13H21N3. The second kappa shape index (κ2) is 3.88. The smallest absolute Gasteiger partial charge is 0.0948 e. The van der Waals surface area contributed by atoms with E-state index in [9.17, 15) is 0 Å². The SMILES string of the molecule is CC1(Cn2cncc2C2CNC2)CCCC1. The van der Waals surface area contributed by atoms with Crippen molar-refractivity contribution in [2.24, 2.45) is 5.41 Å². The molecule has 1 aliphatic carbocycles. The van der Waals surface area contributed by atoms with E-state index in [4.69, 9.17) is 0 Å². The summed E-state index contributed by atoms with van der Waals surface area (Å²) < 4.78 is 2.40. The van der Waals surface area contributed by atoms with Gasteiger partial charge in [-0.1, -0.05) is 19.8 Å². The molecule has 3 heteroatoms. The van der Waals surface area contributed by atoms with Gasteiger partial charge >= 0.3 is 0 Å². The first-order chi connectivity index (χ1) is 7.77. The van der Waals surface area contributed by atoms with Gasteiger partial charge in [0.05, 0.1) is 6.33 Å². The molecule has 1 saturated carbocycles. The van der Waals surface area contributed by atoms with Crippen LogP contribution in [-0.4, -0.2) is 22.6 Å². The van der Waals surface area contributed by atoms with Crippen molar-refractivity contribution < 1.29 is 0 Å². The van der Waals surface area contributed by atoms with Crippen LogP contribution >= 0.6 is 0 Å². The van der Waals surface area contributed by atoms with Crippen molar-refractivity contribution in [2.75, 3.05) is 13.1 Å². The maximum atomic E-state index is 4.33. The summed E-state index contributed by atoms with van der Waals surface area (Å²) in [5, 5.41) is 3.34. The van der Waals surface area contributed by atoms with Crippen molar-refractivity contribution in [3.05, 3.63) is 18.2 Å². The van der Waals surface area contributed by atoms with Crippen molar-refractivity contribution in [3.8, 4) is 0 Å². The molecule has 3 nitrogen and oxygen atoms in total. The van der Waals surface area contributed by atoms with Gasteiger partial charge in [0.2, 0.25) is 0 Å². The zero-order valence-electron chi connectivity index (χ0n) is 10.1. The molecule has 0 bridgehead atoms. The molecule has 1 aromatic heterocycles. The summed E-state index contributed by atoms with van der Waals surface area (Å²) in [6.07, 6.45) is 9.67. The van der Waals surface area contributed by atoms with Gasteiger partial charge in [-0.05, 0) is 18.3 Å². The summed E-state index contributed by atoms with van der Waals surface area (Å²) in [6, 6.07) is 0. The van der Waals surface area contributed by atoms with Crippen LogP contribution in [0.3, 0.4) is 0 Å². The first-order valence-electron chi connectivity index (χ1n) is 6.48. The zero-order chi connectivity index (χ0) is 11.0. The van der Waals surface area contributed by atoms with Gasteiger partial charge in [-0.25, -0.2) is 4.98 Å². The van der Waals surface area contributed by atoms with Crippen molar-refractivity contribution in [1.82, 2.24) is 14.9 Å². The lowest BCUT2D eigenvalue weighted by Gasteiger charge is -2.31. The van der Waals surface area contributed by atoms with Crippen LogP contribution in [0, 0.1) is 5.41 Å². The minimum Gasteiger partial charge on any atom is -0.334 e.